The average Bonchev–Trinajstić information content (AvgIpc) is 3.60. The topological polar surface area (TPSA) is 89.0 Å². The van der Waals surface area contributed by atoms with Gasteiger partial charge in [-0.3, -0.25) is 4.90 Å². The maximum absolute atomic E-state index is 13.5. The maximum Gasteiger partial charge on any atom is 0.243 e. The Balaban J connectivity index is 1.42. The minimum absolute atomic E-state index is 0.0363. The first-order valence-corrected chi connectivity index (χ1v) is 15.2. The highest BCUT2D eigenvalue weighted by Crippen LogP contribution is 2.34. The summed E-state index contributed by atoms with van der Waals surface area (Å²) in [6.45, 7) is 4.31. The fourth-order valence-corrected chi connectivity index (χ4v) is 7.22. The molecular formula is C31H34N4O3S. The first-order valence-electron chi connectivity index (χ1n) is 13.8. The lowest BCUT2D eigenvalue weighted by molar-refractivity contribution is 0.331. The van der Waals surface area contributed by atoms with Crippen LogP contribution in [0.1, 0.15) is 48.8 Å². The van der Waals surface area contributed by atoms with Crippen molar-refractivity contribution in [2.45, 2.75) is 43.5 Å². The number of H-pyrrole nitrogens is 1. The van der Waals surface area contributed by atoms with E-state index in [2.05, 4.69) is 22.0 Å². The second kappa shape index (κ2) is 11.0. The Bertz CT molecular complexity index is 1580. The van der Waals surface area contributed by atoms with Crippen LogP contribution in [0, 0.1) is 0 Å². The van der Waals surface area contributed by atoms with Gasteiger partial charge in [-0.25, -0.2) is 13.4 Å². The SMILES string of the molecule is O=S(=O)(c1ccc2[nH]c(O)c(C(=Nc3ccc(CN4CCCC4)cc3)c3ccccc3)c2c1)N1CCCCC1. The largest absolute Gasteiger partial charge is 0.494 e. The van der Waals surface area contributed by atoms with Crippen LogP contribution in [-0.4, -0.2) is 59.6 Å². The average molecular weight is 543 g/mol. The number of nitrogens with zero attached hydrogens (tertiary/aromatic N) is 3. The number of aromatic nitrogens is 1. The van der Waals surface area contributed by atoms with E-state index in [1.807, 2.05) is 42.5 Å². The minimum Gasteiger partial charge on any atom is -0.494 e. The lowest BCUT2D eigenvalue weighted by atomic mass is 10.0. The molecule has 3 aromatic carbocycles. The van der Waals surface area contributed by atoms with Gasteiger partial charge in [0.05, 0.1) is 21.9 Å². The molecule has 39 heavy (non-hydrogen) atoms. The molecule has 0 spiro atoms. The third-order valence-corrected chi connectivity index (χ3v) is 9.66. The van der Waals surface area contributed by atoms with E-state index in [1.54, 1.807) is 22.5 Å². The lowest BCUT2D eigenvalue weighted by Gasteiger charge is -2.25. The van der Waals surface area contributed by atoms with Crippen molar-refractivity contribution in [2.24, 2.45) is 4.99 Å². The number of aromatic hydroxyl groups is 1. The van der Waals surface area contributed by atoms with Crippen molar-refractivity contribution in [1.29, 1.82) is 0 Å². The van der Waals surface area contributed by atoms with Gasteiger partial charge in [0, 0.05) is 36.1 Å². The number of rotatable bonds is 7. The van der Waals surface area contributed by atoms with Gasteiger partial charge in [0.15, 0.2) is 5.88 Å². The molecule has 2 fully saturated rings. The molecule has 2 aliphatic rings. The predicted octanol–water partition coefficient (Wildman–Crippen LogP) is 5.81. The molecule has 3 heterocycles. The number of benzene rings is 3. The molecule has 0 bridgehead atoms. The molecule has 202 valence electrons. The van der Waals surface area contributed by atoms with Crippen LogP contribution in [0.4, 0.5) is 5.69 Å². The highest BCUT2D eigenvalue weighted by Gasteiger charge is 2.27. The predicted molar refractivity (Wildman–Crippen MR) is 155 cm³/mol. The fraction of sp³-hybridized carbons (Fsp3) is 0.323. The van der Waals surface area contributed by atoms with Crippen molar-refractivity contribution in [1.82, 2.24) is 14.2 Å². The summed E-state index contributed by atoms with van der Waals surface area (Å²) < 4.78 is 28.5. The number of aliphatic imine (C=N–C) groups is 1. The molecule has 4 aromatic rings. The number of likely N-dealkylation sites (tertiary alicyclic amines) is 1. The number of aromatic amines is 1. The van der Waals surface area contributed by atoms with E-state index in [0.29, 0.717) is 35.3 Å². The van der Waals surface area contributed by atoms with E-state index < -0.39 is 10.0 Å². The molecule has 2 N–H and O–H groups in total. The van der Waals surface area contributed by atoms with Crippen LogP contribution >= 0.6 is 0 Å². The van der Waals surface area contributed by atoms with Crippen LogP contribution in [0.2, 0.25) is 0 Å². The molecule has 0 unspecified atom stereocenters. The van der Waals surface area contributed by atoms with E-state index >= 15 is 0 Å². The van der Waals surface area contributed by atoms with Gasteiger partial charge in [-0.05, 0) is 74.7 Å². The summed E-state index contributed by atoms with van der Waals surface area (Å²) in [6, 6.07) is 22.9. The Kier molecular flexibility index (Phi) is 7.25. The molecular weight excluding hydrogens is 508 g/mol. The third-order valence-electron chi connectivity index (χ3n) is 7.77. The molecule has 2 saturated heterocycles. The van der Waals surface area contributed by atoms with Crippen molar-refractivity contribution in [2.75, 3.05) is 26.2 Å². The second-order valence-corrected chi connectivity index (χ2v) is 12.4. The van der Waals surface area contributed by atoms with Gasteiger partial charge in [-0.15, -0.1) is 0 Å². The van der Waals surface area contributed by atoms with Crippen LogP contribution in [-0.2, 0) is 16.6 Å². The van der Waals surface area contributed by atoms with E-state index in [9.17, 15) is 13.5 Å². The summed E-state index contributed by atoms with van der Waals surface area (Å²) in [6.07, 6.45) is 5.32. The van der Waals surface area contributed by atoms with Crippen LogP contribution < -0.4 is 0 Å². The molecule has 7 nitrogen and oxygen atoms in total. The second-order valence-electron chi connectivity index (χ2n) is 10.5. The van der Waals surface area contributed by atoms with Crippen molar-refractivity contribution < 1.29 is 13.5 Å². The first kappa shape index (κ1) is 25.8. The number of hydrogen-bond donors (Lipinski definition) is 2. The monoisotopic (exact) mass is 542 g/mol. The number of hydrogen-bond acceptors (Lipinski definition) is 5. The van der Waals surface area contributed by atoms with Crippen molar-refractivity contribution in [3.8, 4) is 5.88 Å². The summed E-state index contributed by atoms with van der Waals surface area (Å²) in [5.74, 6) is -0.0363. The lowest BCUT2D eigenvalue weighted by Crippen LogP contribution is -2.35. The Morgan fingerprint density at radius 2 is 1.54 bits per heavy atom. The third kappa shape index (κ3) is 5.37. The fourth-order valence-electron chi connectivity index (χ4n) is 5.68. The zero-order valence-electron chi connectivity index (χ0n) is 22.0. The summed E-state index contributed by atoms with van der Waals surface area (Å²) in [4.78, 5) is 10.7. The van der Waals surface area contributed by atoms with Gasteiger partial charge < -0.3 is 10.1 Å². The van der Waals surface area contributed by atoms with Gasteiger partial charge in [-0.2, -0.15) is 4.31 Å². The number of fused-ring (bicyclic) bond motifs is 1. The van der Waals surface area contributed by atoms with Crippen LogP contribution in [0.25, 0.3) is 10.9 Å². The molecule has 2 aliphatic heterocycles. The van der Waals surface area contributed by atoms with E-state index in [-0.39, 0.29) is 10.8 Å². The van der Waals surface area contributed by atoms with E-state index in [4.69, 9.17) is 4.99 Å². The Morgan fingerprint density at radius 1 is 0.846 bits per heavy atom. The number of sulfonamides is 1. The Morgan fingerprint density at radius 3 is 2.26 bits per heavy atom. The minimum atomic E-state index is -3.63. The van der Waals surface area contributed by atoms with Crippen LogP contribution in [0.5, 0.6) is 5.88 Å². The van der Waals surface area contributed by atoms with Gasteiger partial charge in [0.1, 0.15) is 0 Å². The zero-order chi connectivity index (χ0) is 26.8. The van der Waals surface area contributed by atoms with E-state index in [1.165, 1.54) is 18.4 Å². The molecule has 8 heteroatoms. The number of piperidine rings is 1. The highest BCUT2D eigenvalue weighted by molar-refractivity contribution is 7.89. The summed E-state index contributed by atoms with van der Waals surface area (Å²) in [5.41, 5.74) is 4.58. The van der Waals surface area contributed by atoms with Gasteiger partial charge >= 0.3 is 0 Å². The smallest absolute Gasteiger partial charge is 0.243 e. The van der Waals surface area contributed by atoms with Crippen molar-refractivity contribution >= 4 is 32.3 Å². The summed E-state index contributed by atoms with van der Waals surface area (Å²) in [5, 5.41) is 11.7. The normalized spacial score (nSPS) is 17.7. The van der Waals surface area contributed by atoms with Crippen LogP contribution in [0.3, 0.4) is 0 Å². The van der Waals surface area contributed by atoms with Gasteiger partial charge in [-0.1, -0.05) is 48.9 Å². The summed E-state index contributed by atoms with van der Waals surface area (Å²) in [7, 11) is -3.63. The van der Waals surface area contributed by atoms with Crippen molar-refractivity contribution in [3.05, 3.63) is 89.5 Å². The van der Waals surface area contributed by atoms with Gasteiger partial charge in [0.25, 0.3) is 0 Å². The summed E-state index contributed by atoms with van der Waals surface area (Å²) >= 11 is 0. The van der Waals surface area contributed by atoms with Gasteiger partial charge in [0.2, 0.25) is 10.0 Å². The molecule has 1 aromatic heterocycles. The molecule has 0 aliphatic carbocycles. The maximum atomic E-state index is 13.5. The quantitative estimate of drug-likeness (QED) is 0.288. The molecule has 0 amide bonds. The van der Waals surface area contributed by atoms with E-state index in [0.717, 1.165) is 50.1 Å². The van der Waals surface area contributed by atoms with Crippen molar-refractivity contribution in [3.63, 3.8) is 0 Å². The first-order chi connectivity index (χ1) is 19.0. The molecule has 0 saturated carbocycles. The Hall–Kier alpha value is -3.46. The zero-order valence-corrected chi connectivity index (χ0v) is 22.8. The Labute approximate surface area is 229 Å². The standard InChI is InChI=1S/C31H34N4O3S/c36-31-29(27-21-26(15-16-28(27)33-31)39(37,38)35-19-5-2-6-20-35)30(24-9-3-1-4-10-24)32-25-13-11-23(12-14-25)22-34-17-7-8-18-34/h1,3-4,9-16,21,33,36H,2,5-8,17-20,22H2. The number of nitrogens with one attached hydrogen (secondary N) is 1. The molecule has 0 radical (unpaired) electrons. The van der Waals surface area contributed by atoms with Crippen LogP contribution in [0.15, 0.2) is 82.7 Å². The molecule has 6 rings (SSSR count). The molecule has 0 atom stereocenters. The highest BCUT2D eigenvalue weighted by atomic mass is 32.2.